The largest absolute Gasteiger partial charge is 0.391 e. The van der Waals surface area contributed by atoms with Gasteiger partial charge in [0.05, 0.1) is 19.2 Å². The molecule has 1 aromatic rings. The maximum absolute atomic E-state index is 12.3. The Balaban J connectivity index is 2.17. The summed E-state index contributed by atoms with van der Waals surface area (Å²) in [6, 6.07) is 1.81. The molecule has 1 amide bonds. The number of carbonyl (C=O) groups is 1. The normalized spacial score (nSPS) is 18.0. The van der Waals surface area contributed by atoms with Crippen LogP contribution in [-0.2, 0) is 0 Å². The van der Waals surface area contributed by atoms with E-state index in [1.54, 1.807) is 6.07 Å². The van der Waals surface area contributed by atoms with Gasteiger partial charge in [0.2, 0.25) is 0 Å². The summed E-state index contributed by atoms with van der Waals surface area (Å²) in [5.74, 6) is -0.105. The molecule has 0 aromatic carbocycles. The van der Waals surface area contributed by atoms with E-state index in [4.69, 9.17) is 18.0 Å². The lowest BCUT2D eigenvalue weighted by Crippen LogP contribution is -2.57. The number of nitrogens with one attached hydrogen (secondary N) is 1. The fraction of sp³-hybridized carbons (Fsp3) is 0.500. The smallest absolute Gasteiger partial charge is 0.262 e. The zero-order chi connectivity index (χ0) is 14.0. The van der Waals surface area contributed by atoms with Crippen LogP contribution in [0.5, 0.6) is 0 Å². The average Bonchev–Trinajstić information content (AvgIpc) is 2.71. The summed E-state index contributed by atoms with van der Waals surface area (Å²) in [5, 5.41) is 3.05. The third kappa shape index (κ3) is 3.37. The molecule has 0 bridgehead atoms. The summed E-state index contributed by atoms with van der Waals surface area (Å²) in [5.41, 5.74) is 5.36. The summed E-state index contributed by atoms with van der Waals surface area (Å²) in [6.45, 7) is 0. The molecule has 1 aromatic heterocycles. The molecule has 1 saturated carbocycles. The number of amides is 1. The zero-order valence-corrected chi connectivity index (χ0v) is 15.0. The van der Waals surface area contributed by atoms with Crippen molar-refractivity contribution in [3.05, 3.63) is 19.2 Å². The van der Waals surface area contributed by atoms with Crippen molar-refractivity contribution < 1.29 is 4.79 Å². The maximum Gasteiger partial charge on any atom is 0.262 e. The topological polar surface area (TPSA) is 55.1 Å². The van der Waals surface area contributed by atoms with Gasteiger partial charge >= 0.3 is 0 Å². The van der Waals surface area contributed by atoms with Gasteiger partial charge in [-0.2, -0.15) is 0 Å². The zero-order valence-electron chi connectivity index (χ0n) is 10.2. The lowest BCUT2D eigenvalue weighted by molar-refractivity contribution is 0.0912. The second-order valence-electron chi connectivity index (χ2n) is 4.69. The lowest BCUT2D eigenvalue weighted by Gasteiger charge is -2.37. The Hall–Kier alpha value is 0.0200. The van der Waals surface area contributed by atoms with Crippen molar-refractivity contribution in [1.29, 1.82) is 0 Å². The van der Waals surface area contributed by atoms with Gasteiger partial charge in [-0.05, 0) is 50.8 Å². The predicted octanol–water partition coefficient (Wildman–Crippen LogP) is 3.99. The van der Waals surface area contributed by atoms with Gasteiger partial charge in [-0.1, -0.05) is 31.5 Å². The molecule has 0 spiro atoms. The minimum atomic E-state index is -0.506. The van der Waals surface area contributed by atoms with Gasteiger partial charge in [0.1, 0.15) is 0 Å². The van der Waals surface area contributed by atoms with Gasteiger partial charge in [-0.3, -0.25) is 4.79 Å². The van der Waals surface area contributed by atoms with Gasteiger partial charge in [0, 0.05) is 4.47 Å². The van der Waals surface area contributed by atoms with E-state index in [1.165, 1.54) is 17.8 Å². The molecule has 1 aliphatic rings. The summed E-state index contributed by atoms with van der Waals surface area (Å²) in [6.07, 6.45) is 4.95. The summed E-state index contributed by atoms with van der Waals surface area (Å²) >= 11 is 13.3. The van der Waals surface area contributed by atoms with Crippen LogP contribution in [0.4, 0.5) is 0 Å². The molecule has 0 unspecified atom stereocenters. The third-order valence-corrected chi connectivity index (χ3v) is 7.05. The van der Waals surface area contributed by atoms with E-state index in [9.17, 15) is 4.79 Å². The highest BCUT2D eigenvalue weighted by Crippen LogP contribution is 2.34. The van der Waals surface area contributed by atoms with Gasteiger partial charge in [-0.25, -0.2) is 0 Å². The molecule has 3 N–H and O–H groups in total. The second kappa shape index (κ2) is 6.20. The molecule has 19 heavy (non-hydrogen) atoms. The molecule has 2 rings (SSSR count). The van der Waals surface area contributed by atoms with Crippen LogP contribution in [0.2, 0.25) is 0 Å². The van der Waals surface area contributed by atoms with Crippen LogP contribution in [0, 0.1) is 0 Å². The van der Waals surface area contributed by atoms with E-state index in [-0.39, 0.29) is 5.91 Å². The number of hydrogen-bond acceptors (Lipinski definition) is 3. The highest BCUT2D eigenvalue weighted by Gasteiger charge is 2.37. The number of halogens is 2. The highest BCUT2D eigenvalue weighted by molar-refractivity contribution is 9.13. The lowest BCUT2D eigenvalue weighted by atomic mass is 9.81. The summed E-state index contributed by atoms with van der Waals surface area (Å²) in [7, 11) is 0. The van der Waals surface area contributed by atoms with Crippen molar-refractivity contribution in [2.45, 2.75) is 37.6 Å². The molecule has 1 fully saturated rings. The minimum absolute atomic E-state index is 0.105. The molecule has 3 nitrogen and oxygen atoms in total. The van der Waals surface area contributed by atoms with Crippen molar-refractivity contribution in [2.24, 2.45) is 5.73 Å². The van der Waals surface area contributed by atoms with Crippen LogP contribution in [0.1, 0.15) is 41.8 Å². The van der Waals surface area contributed by atoms with Crippen molar-refractivity contribution in [3.63, 3.8) is 0 Å². The molecule has 0 atom stereocenters. The van der Waals surface area contributed by atoms with E-state index < -0.39 is 5.54 Å². The standard InChI is InChI=1S/C12H14Br2N2OS2/c13-7-6-8(19-9(7)14)10(17)16-12(11(15)18)4-2-1-3-5-12/h6H,1-5H2,(H2,15,18)(H,16,17). The van der Waals surface area contributed by atoms with E-state index in [2.05, 4.69) is 37.2 Å². The highest BCUT2D eigenvalue weighted by atomic mass is 79.9. The van der Waals surface area contributed by atoms with E-state index >= 15 is 0 Å². The van der Waals surface area contributed by atoms with Gasteiger partial charge in [-0.15, -0.1) is 11.3 Å². The van der Waals surface area contributed by atoms with Crippen LogP contribution >= 0.6 is 55.4 Å². The molecular weight excluding hydrogens is 412 g/mol. The predicted molar refractivity (Wildman–Crippen MR) is 89.8 cm³/mol. The fourth-order valence-corrected chi connectivity index (χ4v) is 4.51. The number of thiocarbonyl (C=S) groups is 1. The van der Waals surface area contributed by atoms with Crippen molar-refractivity contribution in [2.75, 3.05) is 0 Å². The Morgan fingerprint density at radius 2 is 2.00 bits per heavy atom. The van der Waals surface area contributed by atoms with Crippen molar-refractivity contribution >= 4 is 66.3 Å². The summed E-state index contributed by atoms with van der Waals surface area (Å²) in [4.78, 5) is 13.4. The molecule has 0 radical (unpaired) electrons. The van der Waals surface area contributed by atoms with Crippen LogP contribution in [-0.4, -0.2) is 16.4 Å². The maximum atomic E-state index is 12.3. The van der Waals surface area contributed by atoms with E-state index in [1.807, 2.05) is 0 Å². The van der Waals surface area contributed by atoms with E-state index in [0.717, 1.165) is 33.9 Å². The molecule has 0 saturated heterocycles. The second-order valence-corrected chi connectivity index (χ2v) is 8.36. The third-order valence-electron chi connectivity index (χ3n) is 3.40. The Morgan fingerprint density at radius 3 is 2.47 bits per heavy atom. The number of thiophene rings is 1. The number of carbonyl (C=O) groups excluding carboxylic acids is 1. The average molecular weight is 426 g/mol. The molecule has 0 aliphatic heterocycles. The van der Waals surface area contributed by atoms with Crippen molar-refractivity contribution in [3.8, 4) is 0 Å². The monoisotopic (exact) mass is 424 g/mol. The first-order valence-electron chi connectivity index (χ1n) is 6.02. The molecule has 7 heteroatoms. The van der Waals surface area contributed by atoms with E-state index in [0.29, 0.717) is 9.87 Å². The molecule has 1 aliphatic carbocycles. The van der Waals surface area contributed by atoms with Crippen molar-refractivity contribution in [1.82, 2.24) is 5.32 Å². The molecular formula is C12H14Br2N2OS2. The number of nitrogens with two attached hydrogens (primary N) is 1. The van der Waals surface area contributed by atoms with Crippen LogP contribution in [0.15, 0.2) is 14.3 Å². The molecule has 104 valence electrons. The van der Waals surface area contributed by atoms with Gasteiger partial charge in [0.25, 0.3) is 5.91 Å². The van der Waals surface area contributed by atoms with Gasteiger partial charge in [0.15, 0.2) is 0 Å². The Bertz CT molecular complexity index is 490. The SMILES string of the molecule is NC(=S)C1(NC(=O)c2cc(Br)c(Br)s2)CCCCC1. The number of hydrogen-bond donors (Lipinski definition) is 2. The fourth-order valence-electron chi connectivity index (χ4n) is 2.33. The quantitative estimate of drug-likeness (QED) is 0.719. The van der Waals surface area contributed by atoms with Crippen LogP contribution in [0.3, 0.4) is 0 Å². The summed E-state index contributed by atoms with van der Waals surface area (Å²) < 4.78 is 1.79. The first kappa shape index (κ1) is 15.4. The van der Waals surface area contributed by atoms with Crippen LogP contribution in [0.25, 0.3) is 0 Å². The van der Waals surface area contributed by atoms with Crippen LogP contribution < -0.4 is 11.1 Å². The Morgan fingerprint density at radius 1 is 1.37 bits per heavy atom. The van der Waals surface area contributed by atoms with Gasteiger partial charge < -0.3 is 11.1 Å². The first-order valence-corrected chi connectivity index (χ1v) is 8.83. The Labute approximate surface area is 138 Å². The first-order chi connectivity index (χ1) is 8.94. The minimum Gasteiger partial charge on any atom is -0.391 e. The Kier molecular flexibility index (Phi) is 5.03. The number of rotatable bonds is 3. The molecule has 1 heterocycles.